The summed E-state index contributed by atoms with van der Waals surface area (Å²) in [5, 5.41) is 0. The van der Waals surface area contributed by atoms with Crippen LogP contribution in [0.5, 0.6) is 0 Å². The highest BCUT2D eigenvalue weighted by Gasteiger charge is 2.01. The lowest BCUT2D eigenvalue weighted by Crippen LogP contribution is -1.86. The van der Waals surface area contributed by atoms with Crippen molar-refractivity contribution in [2.45, 2.75) is 19.3 Å². The van der Waals surface area contributed by atoms with Gasteiger partial charge in [0.1, 0.15) is 0 Å². The Morgan fingerprint density at radius 2 is 2.31 bits per heavy atom. The molecule has 0 spiro atoms. The topological polar surface area (TPSA) is 12.9 Å². The largest absolute Gasteiger partial charge is 0.245 e. The van der Waals surface area contributed by atoms with Crippen LogP contribution in [0.1, 0.15) is 24.8 Å². The van der Waals surface area contributed by atoms with Gasteiger partial charge in [-0.05, 0) is 42.5 Å². The molecule has 0 N–H and O–H groups in total. The molecule has 0 aliphatic heterocycles. The average Bonchev–Trinajstić information content (AvgIpc) is 2.77. The molecule has 0 saturated heterocycles. The van der Waals surface area contributed by atoms with Gasteiger partial charge in [0.25, 0.3) is 0 Å². The second kappa shape index (κ2) is 4.22. The molecule has 1 heterocycles. The van der Waals surface area contributed by atoms with Crippen molar-refractivity contribution in [3.63, 3.8) is 0 Å². The molecule has 1 aromatic heterocycles. The van der Waals surface area contributed by atoms with Crippen LogP contribution < -0.4 is 0 Å². The van der Waals surface area contributed by atoms with Crippen molar-refractivity contribution in [3.05, 3.63) is 47.0 Å². The van der Waals surface area contributed by atoms with Crippen molar-refractivity contribution in [3.8, 4) is 0 Å². The predicted molar refractivity (Wildman–Crippen MR) is 70.6 cm³/mol. The Balaban J connectivity index is 1.99. The van der Waals surface area contributed by atoms with Crippen molar-refractivity contribution in [2.24, 2.45) is 0 Å². The fraction of sp³-hybridized carbons (Fsp3) is 0.214. The summed E-state index contributed by atoms with van der Waals surface area (Å²) in [6.45, 7) is 0. The zero-order valence-electron chi connectivity index (χ0n) is 9.02. The lowest BCUT2D eigenvalue weighted by molar-refractivity contribution is 0.825. The molecule has 0 amide bonds. The molecule has 0 saturated carbocycles. The maximum absolute atomic E-state index is 4.34. The summed E-state index contributed by atoms with van der Waals surface area (Å²) in [4.78, 5) is 4.34. The number of benzene rings is 1. The monoisotopic (exact) mass is 227 g/mol. The number of hydrogen-bond acceptors (Lipinski definition) is 2. The second-order valence-corrected chi connectivity index (χ2v) is 4.98. The van der Waals surface area contributed by atoms with E-state index in [-0.39, 0.29) is 0 Å². The standard InChI is InChI=1S/C14H13NS/c1-2-4-11(5-3-1)8-12-6-7-14-13(9-12)15-10-16-14/h2,4,6-10H,1,3,5H2/b11-8-. The quantitative estimate of drug-likeness (QED) is 0.702. The van der Waals surface area contributed by atoms with Gasteiger partial charge in [-0.3, -0.25) is 0 Å². The maximum Gasteiger partial charge on any atom is 0.0817 e. The zero-order valence-corrected chi connectivity index (χ0v) is 9.83. The van der Waals surface area contributed by atoms with Crippen molar-refractivity contribution in [2.75, 3.05) is 0 Å². The Morgan fingerprint density at radius 3 is 3.19 bits per heavy atom. The van der Waals surface area contributed by atoms with Crippen LogP contribution in [0.3, 0.4) is 0 Å². The summed E-state index contributed by atoms with van der Waals surface area (Å²) in [5.74, 6) is 0. The molecule has 0 fully saturated rings. The van der Waals surface area contributed by atoms with E-state index in [1.807, 2.05) is 5.51 Å². The second-order valence-electron chi connectivity index (χ2n) is 4.09. The molecule has 0 atom stereocenters. The number of nitrogens with zero attached hydrogens (tertiary/aromatic N) is 1. The number of aromatic nitrogens is 1. The highest BCUT2D eigenvalue weighted by molar-refractivity contribution is 7.16. The van der Waals surface area contributed by atoms with Gasteiger partial charge in [-0.15, -0.1) is 11.3 Å². The first-order valence-corrected chi connectivity index (χ1v) is 6.50. The molecule has 1 aliphatic carbocycles. The minimum atomic E-state index is 1.11. The summed E-state index contributed by atoms with van der Waals surface area (Å²) in [7, 11) is 0. The minimum absolute atomic E-state index is 1.11. The summed E-state index contributed by atoms with van der Waals surface area (Å²) in [6, 6.07) is 6.50. The van der Waals surface area contributed by atoms with Gasteiger partial charge >= 0.3 is 0 Å². The number of fused-ring (bicyclic) bond motifs is 1. The van der Waals surface area contributed by atoms with Crippen LogP contribution in [-0.2, 0) is 0 Å². The van der Waals surface area contributed by atoms with Crippen molar-refractivity contribution < 1.29 is 0 Å². The van der Waals surface area contributed by atoms with Crippen LogP contribution in [0.25, 0.3) is 16.3 Å². The summed E-state index contributed by atoms with van der Waals surface area (Å²) in [5.41, 5.74) is 5.71. The number of rotatable bonds is 1. The van der Waals surface area contributed by atoms with Gasteiger partial charge in [0.2, 0.25) is 0 Å². The smallest absolute Gasteiger partial charge is 0.0817 e. The summed E-state index contributed by atoms with van der Waals surface area (Å²) < 4.78 is 1.27. The van der Waals surface area contributed by atoms with Gasteiger partial charge in [0.15, 0.2) is 0 Å². The lowest BCUT2D eigenvalue weighted by atomic mass is 10.00. The Labute approximate surface area is 99.1 Å². The fourth-order valence-electron chi connectivity index (χ4n) is 2.04. The minimum Gasteiger partial charge on any atom is -0.245 e. The van der Waals surface area contributed by atoms with E-state index in [2.05, 4.69) is 41.4 Å². The predicted octanol–water partition coefficient (Wildman–Crippen LogP) is 4.42. The van der Waals surface area contributed by atoms with Gasteiger partial charge < -0.3 is 0 Å². The third-order valence-corrected chi connectivity index (χ3v) is 3.68. The Bertz CT molecular complexity index is 563. The van der Waals surface area contributed by atoms with Crippen LogP contribution in [0, 0.1) is 0 Å². The molecule has 80 valence electrons. The highest BCUT2D eigenvalue weighted by atomic mass is 32.1. The summed E-state index contributed by atoms with van der Waals surface area (Å²) in [6.07, 6.45) is 10.5. The molecule has 0 unspecified atom stereocenters. The van der Waals surface area contributed by atoms with Gasteiger partial charge in [0.05, 0.1) is 15.7 Å². The third-order valence-electron chi connectivity index (χ3n) is 2.87. The molecule has 1 nitrogen and oxygen atoms in total. The van der Waals surface area contributed by atoms with Crippen molar-refractivity contribution in [1.82, 2.24) is 4.98 Å². The normalized spacial score (nSPS) is 18.4. The van der Waals surface area contributed by atoms with E-state index in [0.717, 1.165) is 5.52 Å². The van der Waals surface area contributed by atoms with E-state index in [0.29, 0.717) is 0 Å². The Morgan fingerprint density at radius 1 is 1.31 bits per heavy atom. The highest BCUT2D eigenvalue weighted by Crippen LogP contribution is 2.23. The lowest BCUT2D eigenvalue weighted by Gasteiger charge is -2.06. The van der Waals surface area contributed by atoms with Crippen molar-refractivity contribution in [1.29, 1.82) is 0 Å². The average molecular weight is 227 g/mol. The molecule has 16 heavy (non-hydrogen) atoms. The summed E-state index contributed by atoms with van der Waals surface area (Å²) >= 11 is 1.70. The van der Waals surface area contributed by atoms with Crippen LogP contribution >= 0.6 is 11.3 Å². The van der Waals surface area contributed by atoms with Gasteiger partial charge in [-0.1, -0.05) is 24.3 Å². The van der Waals surface area contributed by atoms with Crippen molar-refractivity contribution >= 4 is 27.6 Å². The van der Waals surface area contributed by atoms with E-state index in [9.17, 15) is 0 Å². The van der Waals surface area contributed by atoms with Crippen LogP contribution in [-0.4, -0.2) is 4.98 Å². The first kappa shape index (κ1) is 9.79. The first-order chi connectivity index (χ1) is 7.92. The molecule has 2 heteroatoms. The molecule has 1 aromatic carbocycles. The molecular weight excluding hydrogens is 214 g/mol. The number of thiazole rings is 1. The van der Waals surface area contributed by atoms with Crippen LogP contribution in [0.2, 0.25) is 0 Å². The molecule has 0 bridgehead atoms. The van der Waals surface area contributed by atoms with E-state index in [1.165, 1.54) is 35.1 Å². The number of allylic oxidation sites excluding steroid dienone is 3. The van der Waals surface area contributed by atoms with E-state index in [1.54, 1.807) is 11.3 Å². The first-order valence-electron chi connectivity index (χ1n) is 5.62. The molecule has 1 aliphatic rings. The van der Waals surface area contributed by atoms with Gasteiger partial charge in [-0.25, -0.2) is 4.98 Å². The maximum atomic E-state index is 4.34. The van der Waals surface area contributed by atoms with Gasteiger partial charge in [-0.2, -0.15) is 0 Å². The van der Waals surface area contributed by atoms with Crippen LogP contribution in [0.4, 0.5) is 0 Å². The molecule has 3 rings (SSSR count). The molecular formula is C14H13NS. The fourth-order valence-corrected chi connectivity index (χ4v) is 2.70. The number of hydrogen-bond donors (Lipinski definition) is 0. The van der Waals surface area contributed by atoms with E-state index < -0.39 is 0 Å². The molecule has 0 radical (unpaired) electrons. The zero-order chi connectivity index (χ0) is 10.8. The Kier molecular flexibility index (Phi) is 2.58. The Hall–Kier alpha value is -1.41. The van der Waals surface area contributed by atoms with E-state index >= 15 is 0 Å². The van der Waals surface area contributed by atoms with Crippen LogP contribution in [0.15, 0.2) is 41.4 Å². The van der Waals surface area contributed by atoms with E-state index in [4.69, 9.17) is 0 Å². The third kappa shape index (κ3) is 1.93. The SMILES string of the molecule is C1=C/C(=C/c2ccc3scnc3c2)CCC1. The van der Waals surface area contributed by atoms with Gasteiger partial charge in [0, 0.05) is 0 Å². The molecule has 2 aromatic rings.